The molecule has 0 amide bonds. The van der Waals surface area contributed by atoms with Gasteiger partial charge in [0.15, 0.2) is 0 Å². The molecule has 0 aromatic heterocycles. The summed E-state index contributed by atoms with van der Waals surface area (Å²) in [7, 11) is -10.1. The molecule has 2 N–H and O–H groups in total. The van der Waals surface area contributed by atoms with Gasteiger partial charge in [-0.1, -0.05) is 39.8 Å². The van der Waals surface area contributed by atoms with E-state index in [9.17, 15) is 28.5 Å². The van der Waals surface area contributed by atoms with Crippen LogP contribution in [0.2, 0.25) is 0 Å². The van der Waals surface area contributed by atoms with Gasteiger partial charge >= 0.3 is 27.6 Å². The number of carbonyl (C=O) groups excluding carboxylic acids is 2. The molecule has 0 aliphatic rings. The normalized spacial score (nSPS) is 17.0. The lowest BCUT2D eigenvalue weighted by Crippen LogP contribution is -2.24. The van der Waals surface area contributed by atoms with Crippen molar-refractivity contribution in [2.45, 2.75) is 65.6 Å². The summed E-state index contributed by atoms with van der Waals surface area (Å²) >= 11 is 0. The highest BCUT2D eigenvalue weighted by Gasteiger charge is 2.37. The number of hydrogen-bond donors (Lipinski definition) is 2. The molecule has 0 heterocycles. The van der Waals surface area contributed by atoms with Gasteiger partial charge in [-0.05, 0) is 26.7 Å². The summed E-state index contributed by atoms with van der Waals surface area (Å²) in [4.78, 5) is 42.7. The van der Waals surface area contributed by atoms with Crippen molar-refractivity contribution in [2.75, 3.05) is 13.2 Å². The molecule has 0 saturated heterocycles. The Bertz CT molecular complexity index is 674. The van der Waals surface area contributed by atoms with Crippen LogP contribution in [-0.2, 0) is 41.6 Å². The fraction of sp³-hybridized carbons (Fsp3) is 0.667. The summed E-state index contributed by atoms with van der Waals surface area (Å²) in [5, 5.41) is 0. The van der Waals surface area contributed by atoms with Crippen LogP contribution in [0.1, 0.15) is 53.4 Å². The number of hydrogen-bond acceptors (Lipinski definition) is 9. The summed E-state index contributed by atoms with van der Waals surface area (Å²) in [5.41, 5.74) is 0.263. The Morgan fingerprint density at radius 2 is 1.13 bits per heavy atom. The second kappa shape index (κ2) is 14.0. The molecule has 31 heavy (non-hydrogen) atoms. The molecule has 0 rings (SSSR count). The van der Waals surface area contributed by atoms with Crippen LogP contribution in [0.25, 0.3) is 0 Å². The Hall–Kier alpha value is -1.32. The molecule has 0 radical (unpaired) electrons. The molecule has 11 nitrogen and oxygen atoms in total. The van der Waals surface area contributed by atoms with E-state index in [1.165, 1.54) is 13.8 Å². The van der Waals surface area contributed by atoms with Gasteiger partial charge in [-0.25, -0.2) is 18.7 Å². The van der Waals surface area contributed by atoms with E-state index in [0.29, 0.717) is 25.7 Å². The average Bonchev–Trinajstić information content (AvgIpc) is 2.63. The molecule has 0 aliphatic carbocycles. The predicted molar refractivity (Wildman–Crippen MR) is 112 cm³/mol. The highest BCUT2D eigenvalue weighted by atomic mass is 31.3. The standard InChI is InChI=1S/C18H32O11P2/c1-7-9-15(27-17(19)13(3)4)11-25-30(21,22)29-31(23,24)26-12-16(10-8-2)28-18(20)14(5)6/h15-16H,3,5,7-12H2,1-2,4,6H3,(H,21,22)(H,23,24). The maximum atomic E-state index is 12.0. The van der Waals surface area contributed by atoms with Crippen molar-refractivity contribution in [3.8, 4) is 0 Å². The van der Waals surface area contributed by atoms with Crippen LogP contribution in [0.15, 0.2) is 24.3 Å². The summed E-state index contributed by atoms with van der Waals surface area (Å²) in [5.74, 6) is -1.42. The number of phosphoric ester groups is 2. The van der Waals surface area contributed by atoms with Gasteiger partial charge < -0.3 is 19.3 Å². The van der Waals surface area contributed by atoms with Gasteiger partial charge in [0.1, 0.15) is 12.2 Å². The zero-order valence-corrected chi connectivity index (χ0v) is 20.1. The Kier molecular flexibility index (Phi) is 13.4. The maximum Gasteiger partial charge on any atom is 0.481 e. The first kappa shape index (κ1) is 29.7. The Labute approximate surface area is 182 Å². The first-order chi connectivity index (χ1) is 14.2. The molecule has 180 valence electrons. The van der Waals surface area contributed by atoms with Crippen molar-refractivity contribution in [1.82, 2.24) is 0 Å². The first-order valence-corrected chi connectivity index (χ1v) is 12.6. The number of carbonyl (C=O) groups is 2. The first-order valence-electron chi connectivity index (χ1n) is 9.62. The minimum Gasteiger partial charge on any atom is -0.457 e. The topological polar surface area (TPSA) is 155 Å². The number of ether oxygens (including phenoxy) is 2. The van der Waals surface area contributed by atoms with Crippen LogP contribution in [-0.4, -0.2) is 47.1 Å². The Morgan fingerprint density at radius 1 is 0.806 bits per heavy atom. The molecule has 0 aromatic rings. The number of phosphoric acid groups is 2. The number of esters is 2. The molecular formula is C18H32O11P2. The van der Waals surface area contributed by atoms with Crippen LogP contribution >= 0.6 is 15.6 Å². The van der Waals surface area contributed by atoms with E-state index in [-0.39, 0.29) is 11.1 Å². The van der Waals surface area contributed by atoms with Crippen molar-refractivity contribution in [2.24, 2.45) is 0 Å². The van der Waals surface area contributed by atoms with Gasteiger partial charge in [0.05, 0.1) is 13.2 Å². The van der Waals surface area contributed by atoms with Gasteiger partial charge in [0.25, 0.3) is 0 Å². The van der Waals surface area contributed by atoms with Crippen LogP contribution in [0.5, 0.6) is 0 Å². The monoisotopic (exact) mass is 486 g/mol. The van der Waals surface area contributed by atoms with Crippen molar-refractivity contribution < 1.29 is 51.3 Å². The van der Waals surface area contributed by atoms with Crippen molar-refractivity contribution in [1.29, 1.82) is 0 Å². The third-order valence-corrected chi connectivity index (χ3v) is 6.12. The minimum atomic E-state index is -5.05. The molecule has 0 bridgehead atoms. The highest BCUT2D eigenvalue weighted by molar-refractivity contribution is 7.61. The highest BCUT2D eigenvalue weighted by Crippen LogP contribution is 2.60. The lowest BCUT2D eigenvalue weighted by atomic mass is 10.2. The second-order valence-corrected chi connectivity index (χ2v) is 9.85. The molecule has 0 aromatic carbocycles. The van der Waals surface area contributed by atoms with Crippen molar-refractivity contribution in [3.05, 3.63) is 24.3 Å². The Balaban J connectivity index is 4.88. The smallest absolute Gasteiger partial charge is 0.457 e. The van der Waals surface area contributed by atoms with Crippen LogP contribution in [0.3, 0.4) is 0 Å². The molecular weight excluding hydrogens is 454 g/mol. The minimum absolute atomic E-state index is 0.131. The largest absolute Gasteiger partial charge is 0.481 e. The SMILES string of the molecule is C=C(C)C(=O)OC(CCC)COP(=O)(O)OP(=O)(O)OCC(CCC)OC(=O)C(=C)C. The van der Waals surface area contributed by atoms with Crippen LogP contribution < -0.4 is 0 Å². The maximum absolute atomic E-state index is 12.0. The molecule has 4 unspecified atom stereocenters. The van der Waals surface area contributed by atoms with E-state index in [1.54, 1.807) is 13.8 Å². The van der Waals surface area contributed by atoms with E-state index in [4.69, 9.17) is 9.47 Å². The van der Waals surface area contributed by atoms with E-state index in [2.05, 4.69) is 26.5 Å². The third kappa shape index (κ3) is 13.6. The van der Waals surface area contributed by atoms with Crippen LogP contribution in [0.4, 0.5) is 0 Å². The van der Waals surface area contributed by atoms with Gasteiger partial charge in [0, 0.05) is 11.1 Å². The van der Waals surface area contributed by atoms with Crippen LogP contribution in [0, 0.1) is 0 Å². The van der Waals surface area contributed by atoms with Gasteiger partial charge in [-0.2, -0.15) is 4.31 Å². The fourth-order valence-electron chi connectivity index (χ4n) is 2.03. The van der Waals surface area contributed by atoms with Gasteiger partial charge in [-0.15, -0.1) is 0 Å². The summed E-state index contributed by atoms with van der Waals surface area (Å²) in [6.07, 6.45) is -0.0481. The summed E-state index contributed by atoms with van der Waals surface area (Å²) in [6.45, 7) is 12.2. The van der Waals surface area contributed by atoms with Gasteiger partial charge in [0.2, 0.25) is 0 Å². The molecule has 13 heteroatoms. The average molecular weight is 486 g/mol. The van der Waals surface area contributed by atoms with E-state index in [0.717, 1.165) is 0 Å². The third-order valence-electron chi connectivity index (χ3n) is 3.52. The molecule has 0 aliphatic heterocycles. The molecule has 0 fully saturated rings. The lowest BCUT2D eigenvalue weighted by Gasteiger charge is -2.22. The summed E-state index contributed by atoms with van der Waals surface area (Å²) < 4.78 is 47.8. The van der Waals surface area contributed by atoms with Crippen molar-refractivity contribution in [3.63, 3.8) is 0 Å². The molecule has 0 spiro atoms. The molecule has 4 atom stereocenters. The predicted octanol–water partition coefficient (Wildman–Crippen LogP) is 3.81. The second-order valence-electron chi connectivity index (χ2n) is 6.80. The fourth-order valence-corrected chi connectivity index (χ4v) is 4.16. The van der Waals surface area contributed by atoms with E-state index >= 15 is 0 Å². The zero-order chi connectivity index (χ0) is 24.2. The Morgan fingerprint density at radius 3 is 1.39 bits per heavy atom. The lowest BCUT2D eigenvalue weighted by molar-refractivity contribution is -0.147. The number of rotatable bonds is 16. The van der Waals surface area contributed by atoms with Gasteiger partial charge in [-0.3, -0.25) is 9.05 Å². The molecule has 0 saturated carbocycles. The summed E-state index contributed by atoms with van der Waals surface area (Å²) in [6, 6.07) is 0. The van der Waals surface area contributed by atoms with E-state index < -0.39 is 53.0 Å². The quantitative estimate of drug-likeness (QED) is 0.186. The van der Waals surface area contributed by atoms with E-state index in [1.807, 2.05) is 0 Å². The van der Waals surface area contributed by atoms with Crippen molar-refractivity contribution >= 4 is 27.6 Å². The zero-order valence-electron chi connectivity index (χ0n) is 18.3.